The van der Waals surface area contributed by atoms with Crippen LogP contribution in [0.3, 0.4) is 0 Å². The number of Topliss-reactive ketones (excluding diaryl/α,β-unsaturated/α-hetero) is 1. The molecule has 0 unspecified atom stereocenters. The predicted molar refractivity (Wildman–Crippen MR) is 178 cm³/mol. The molecule has 1 aliphatic rings. The van der Waals surface area contributed by atoms with Gasteiger partial charge >= 0.3 is 0 Å². The minimum atomic E-state index is -4.36. The second-order valence-corrected chi connectivity index (χ2v) is 14.6. The monoisotopic (exact) mass is 669 g/mol. The normalized spacial score (nSPS) is 13.7. The van der Waals surface area contributed by atoms with Crippen molar-refractivity contribution in [3.05, 3.63) is 160 Å². The van der Waals surface area contributed by atoms with Crippen LogP contribution in [-0.4, -0.2) is 26.9 Å². The van der Waals surface area contributed by atoms with Crippen LogP contribution in [-0.2, 0) is 44.5 Å². The number of allylic oxidation sites excluding steroid dienone is 5. The van der Waals surface area contributed by atoms with Crippen molar-refractivity contribution in [2.24, 2.45) is 0 Å². The van der Waals surface area contributed by atoms with Crippen LogP contribution in [0.1, 0.15) is 22.3 Å². The van der Waals surface area contributed by atoms with Gasteiger partial charge in [0.2, 0.25) is 25.8 Å². The van der Waals surface area contributed by atoms with Crippen molar-refractivity contribution in [3.8, 4) is 17.2 Å². The van der Waals surface area contributed by atoms with E-state index in [1.54, 1.807) is 24.3 Å². The van der Waals surface area contributed by atoms with E-state index in [2.05, 4.69) is 11.3 Å². The van der Waals surface area contributed by atoms with Crippen molar-refractivity contribution in [1.29, 1.82) is 5.26 Å². The van der Waals surface area contributed by atoms with Crippen molar-refractivity contribution in [1.82, 2.24) is 9.03 Å². The van der Waals surface area contributed by atoms with Gasteiger partial charge in [0.05, 0.1) is 21.6 Å². The molecular formula is C35H28ClN3O5S2. The van der Waals surface area contributed by atoms with Crippen molar-refractivity contribution >= 4 is 37.4 Å². The number of hydrogen-bond acceptors (Lipinski definition) is 6. The molecule has 0 aromatic heterocycles. The summed E-state index contributed by atoms with van der Waals surface area (Å²) in [5.41, 5.74) is 4.46. The summed E-state index contributed by atoms with van der Waals surface area (Å²) in [4.78, 5) is 12.5. The molecule has 46 heavy (non-hydrogen) atoms. The average molecular weight is 670 g/mol. The standard InChI is InChI=1S/C35H28ClN3O5S2/c1-25-18-33(36)35(40)34(19-25)46(43,44)39(23-27-10-14-31(15-11-27)30-8-3-2-4-9-30)24-29-7-5-6-28(20-29)22-38-45(41,42)32-16-12-26(21-37)13-17-32/h2-20,38H,1,22-24H2. The van der Waals surface area contributed by atoms with Gasteiger partial charge in [-0.2, -0.15) is 9.57 Å². The zero-order valence-corrected chi connectivity index (χ0v) is 26.8. The number of nitrogens with one attached hydrogen (secondary N) is 1. The molecule has 0 radical (unpaired) electrons. The summed E-state index contributed by atoms with van der Waals surface area (Å²) >= 11 is 6.07. The number of sulfonamides is 2. The van der Waals surface area contributed by atoms with E-state index in [9.17, 15) is 21.6 Å². The highest BCUT2D eigenvalue weighted by Crippen LogP contribution is 2.29. The Labute approximate surface area is 273 Å². The third-order valence-electron chi connectivity index (χ3n) is 7.22. The Kier molecular flexibility index (Phi) is 9.82. The van der Waals surface area contributed by atoms with Crippen LogP contribution in [0.5, 0.6) is 0 Å². The number of hydrogen-bond donors (Lipinski definition) is 1. The highest BCUT2D eigenvalue weighted by molar-refractivity contribution is 7.94. The molecular weight excluding hydrogens is 642 g/mol. The van der Waals surface area contributed by atoms with Crippen molar-refractivity contribution in [2.45, 2.75) is 24.5 Å². The number of carbonyl (C=O) groups excluding carboxylic acids is 1. The zero-order valence-electron chi connectivity index (χ0n) is 24.4. The molecule has 0 saturated carbocycles. The zero-order chi connectivity index (χ0) is 32.9. The van der Waals surface area contributed by atoms with Crippen LogP contribution in [0.15, 0.2) is 142 Å². The van der Waals surface area contributed by atoms with Crippen LogP contribution in [0.2, 0.25) is 0 Å². The Morgan fingerprint density at radius 2 is 1.39 bits per heavy atom. The summed E-state index contributed by atoms with van der Waals surface area (Å²) in [7, 11) is -8.24. The number of nitriles is 1. The Bertz CT molecular complexity index is 2120. The fraction of sp³-hybridized carbons (Fsp3) is 0.0857. The van der Waals surface area contributed by atoms with Crippen molar-refractivity contribution in [3.63, 3.8) is 0 Å². The Morgan fingerprint density at radius 1 is 0.761 bits per heavy atom. The summed E-state index contributed by atoms with van der Waals surface area (Å²) in [6, 6.07) is 31.6. The molecule has 4 aromatic rings. The lowest BCUT2D eigenvalue weighted by atomic mass is 10.0. The van der Waals surface area contributed by atoms with Crippen LogP contribution in [0.4, 0.5) is 0 Å². The fourth-order valence-electron chi connectivity index (χ4n) is 4.83. The summed E-state index contributed by atoms with van der Waals surface area (Å²) < 4.78 is 57.5. The Morgan fingerprint density at radius 3 is 2.07 bits per heavy atom. The highest BCUT2D eigenvalue weighted by atomic mass is 35.5. The minimum absolute atomic E-state index is 0.0120. The number of nitrogens with zero attached hydrogens (tertiary/aromatic N) is 2. The molecule has 0 amide bonds. The lowest BCUT2D eigenvalue weighted by molar-refractivity contribution is -0.111. The third-order valence-corrected chi connectivity index (χ3v) is 10.7. The van der Waals surface area contributed by atoms with E-state index in [4.69, 9.17) is 16.9 Å². The van der Waals surface area contributed by atoms with E-state index in [1.807, 2.05) is 60.7 Å². The van der Waals surface area contributed by atoms with E-state index in [0.717, 1.165) is 11.1 Å². The van der Waals surface area contributed by atoms with Gasteiger partial charge in [-0.1, -0.05) is 97.0 Å². The molecule has 0 saturated heterocycles. The van der Waals surface area contributed by atoms with Gasteiger partial charge in [0.15, 0.2) is 0 Å². The molecule has 0 bridgehead atoms. The van der Waals surface area contributed by atoms with E-state index in [1.165, 1.54) is 40.7 Å². The van der Waals surface area contributed by atoms with Crippen LogP contribution >= 0.6 is 11.6 Å². The van der Waals surface area contributed by atoms with Gasteiger partial charge in [0, 0.05) is 19.6 Å². The van der Waals surface area contributed by atoms with Crippen LogP contribution < -0.4 is 4.72 Å². The second-order valence-electron chi connectivity index (χ2n) is 10.5. The average Bonchev–Trinajstić information content (AvgIpc) is 3.06. The van der Waals surface area contributed by atoms with E-state index in [0.29, 0.717) is 22.3 Å². The molecule has 5 rings (SSSR count). The molecule has 0 heterocycles. The Balaban J connectivity index is 1.41. The molecule has 1 N–H and O–H groups in total. The topological polar surface area (TPSA) is 124 Å². The first kappa shape index (κ1) is 32.8. The lowest BCUT2D eigenvalue weighted by Crippen LogP contribution is -2.34. The summed E-state index contributed by atoms with van der Waals surface area (Å²) in [6.45, 7) is 3.54. The van der Waals surface area contributed by atoms with Gasteiger partial charge in [-0.3, -0.25) is 4.79 Å². The van der Waals surface area contributed by atoms with Gasteiger partial charge in [0.1, 0.15) is 4.91 Å². The van der Waals surface area contributed by atoms with E-state index >= 15 is 0 Å². The fourth-order valence-corrected chi connectivity index (χ4v) is 7.70. The Hall–Kier alpha value is -4.63. The minimum Gasteiger partial charge on any atom is -0.287 e. The van der Waals surface area contributed by atoms with Gasteiger partial charge in [-0.05, 0) is 69.8 Å². The van der Waals surface area contributed by atoms with Crippen LogP contribution in [0, 0.1) is 11.3 Å². The molecule has 4 aromatic carbocycles. The van der Waals surface area contributed by atoms with E-state index in [-0.39, 0.29) is 35.1 Å². The third kappa shape index (κ3) is 7.59. The van der Waals surface area contributed by atoms with Gasteiger partial charge < -0.3 is 0 Å². The maximum absolute atomic E-state index is 14.0. The van der Waals surface area contributed by atoms with Gasteiger partial charge in [-0.15, -0.1) is 0 Å². The molecule has 0 spiro atoms. The molecule has 0 aliphatic heterocycles. The molecule has 8 nitrogen and oxygen atoms in total. The number of rotatable bonds is 11. The molecule has 0 fully saturated rings. The van der Waals surface area contributed by atoms with Crippen LogP contribution in [0.25, 0.3) is 11.1 Å². The van der Waals surface area contributed by atoms with Crippen molar-refractivity contribution < 1.29 is 21.6 Å². The SMILES string of the molecule is C=C1C=C(Cl)C(=O)C(S(=O)(=O)N(Cc2ccc(-c3ccccc3)cc2)Cc2cccc(CNS(=O)(=O)c3ccc(C#N)cc3)c2)=C1. The summed E-state index contributed by atoms with van der Waals surface area (Å²) in [5, 5.41) is 8.74. The summed E-state index contributed by atoms with van der Waals surface area (Å²) in [6.07, 6.45) is 2.53. The quantitative estimate of drug-likeness (QED) is 0.203. The first-order valence-electron chi connectivity index (χ1n) is 14.0. The predicted octanol–water partition coefficient (Wildman–Crippen LogP) is 6.18. The first-order valence-corrected chi connectivity index (χ1v) is 17.3. The number of ketones is 1. The maximum atomic E-state index is 14.0. The second kappa shape index (κ2) is 13.8. The lowest BCUT2D eigenvalue weighted by Gasteiger charge is -2.25. The molecule has 232 valence electrons. The van der Waals surface area contributed by atoms with Gasteiger partial charge in [0.25, 0.3) is 0 Å². The highest BCUT2D eigenvalue weighted by Gasteiger charge is 2.34. The number of benzene rings is 4. The van der Waals surface area contributed by atoms with E-state index < -0.39 is 30.7 Å². The van der Waals surface area contributed by atoms with Crippen molar-refractivity contribution in [2.75, 3.05) is 0 Å². The molecule has 1 aliphatic carbocycles. The number of carbonyl (C=O) groups is 1. The first-order chi connectivity index (χ1) is 22.0. The molecule has 0 atom stereocenters. The maximum Gasteiger partial charge on any atom is 0.247 e. The smallest absolute Gasteiger partial charge is 0.247 e. The largest absolute Gasteiger partial charge is 0.287 e. The molecule has 11 heteroatoms. The summed E-state index contributed by atoms with van der Waals surface area (Å²) in [5.74, 6) is -0.815. The van der Waals surface area contributed by atoms with Gasteiger partial charge in [-0.25, -0.2) is 21.6 Å². The number of halogens is 1.